The third-order valence-corrected chi connectivity index (χ3v) is 5.57. The second kappa shape index (κ2) is 9.87. The number of nitrogens with zero attached hydrogens (tertiary/aromatic N) is 1. The van der Waals surface area contributed by atoms with Crippen LogP contribution >= 0.6 is 0 Å². The number of aryl methyl sites for hydroxylation is 1. The molecule has 1 aliphatic carbocycles. The van der Waals surface area contributed by atoms with Gasteiger partial charge in [0.25, 0.3) is 0 Å². The summed E-state index contributed by atoms with van der Waals surface area (Å²) in [5.41, 5.74) is 3.95. The van der Waals surface area contributed by atoms with E-state index in [4.69, 9.17) is 0 Å². The highest BCUT2D eigenvalue weighted by atomic mass is 19.1. The van der Waals surface area contributed by atoms with Gasteiger partial charge in [0.2, 0.25) is 0 Å². The van der Waals surface area contributed by atoms with Gasteiger partial charge >= 0.3 is 0 Å². The minimum absolute atomic E-state index is 0.134. The second-order valence-corrected chi connectivity index (χ2v) is 7.66. The van der Waals surface area contributed by atoms with Gasteiger partial charge in [0.1, 0.15) is 6.17 Å². The first-order chi connectivity index (χ1) is 12.8. The molecule has 3 rings (SSSR count). The Kier molecular flexibility index (Phi) is 7.25. The molecule has 0 heterocycles. The van der Waals surface area contributed by atoms with Crippen molar-refractivity contribution in [3.8, 4) is 0 Å². The maximum atomic E-state index is 13.9. The van der Waals surface area contributed by atoms with Crippen LogP contribution in [0.1, 0.15) is 61.6 Å². The van der Waals surface area contributed by atoms with E-state index in [-0.39, 0.29) is 5.92 Å². The molecule has 2 heteroatoms. The molecule has 1 saturated carbocycles. The lowest BCUT2D eigenvalue weighted by atomic mass is 9.95. The van der Waals surface area contributed by atoms with Crippen molar-refractivity contribution in [2.24, 2.45) is 0 Å². The predicted octanol–water partition coefficient (Wildman–Crippen LogP) is 6.14. The van der Waals surface area contributed by atoms with Crippen molar-refractivity contribution in [1.82, 2.24) is 4.90 Å². The lowest BCUT2D eigenvalue weighted by molar-refractivity contribution is 0.262. The van der Waals surface area contributed by atoms with E-state index in [1.165, 1.54) is 29.5 Å². The number of benzene rings is 2. The van der Waals surface area contributed by atoms with Gasteiger partial charge in [-0.3, -0.25) is 4.90 Å². The highest BCUT2D eigenvalue weighted by molar-refractivity contribution is 5.27. The van der Waals surface area contributed by atoms with Gasteiger partial charge < -0.3 is 0 Å². The Balaban J connectivity index is 1.48. The molecule has 0 aromatic heterocycles. The van der Waals surface area contributed by atoms with Gasteiger partial charge in [0.05, 0.1) is 0 Å². The van der Waals surface area contributed by atoms with Gasteiger partial charge in [-0.2, -0.15) is 0 Å². The summed E-state index contributed by atoms with van der Waals surface area (Å²) in [6.07, 6.45) is 5.59. The molecule has 0 amide bonds. The Morgan fingerprint density at radius 3 is 2.35 bits per heavy atom. The molecule has 0 bridgehead atoms. The number of halogens is 1. The Hall–Kier alpha value is -1.67. The third-order valence-electron chi connectivity index (χ3n) is 5.57. The molecule has 1 fully saturated rings. The molecule has 2 atom stereocenters. The zero-order chi connectivity index (χ0) is 18.2. The second-order valence-electron chi connectivity index (χ2n) is 7.66. The topological polar surface area (TPSA) is 3.24 Å². The molecule has 2 aromatic rings. The zero-order valence-electron chi connectivity index (χ0n) is 16.0. The lowest BCUT2D eigenvalue weighted by Crippen LogP contribution is -2.25. The highest BCUT2D eigenvalue weighted by Gasteiger charge is 2.27. The Bertz CT molecular complexity index is 637. The van der Waals surface area contributed by atoms with Gasteiger partial charge in [0.15, 0.2) is 0 Å². The molecule has 0 N–H and O–H groups in total. The summed E-state index contributed by atoms with van der Waals surface area (Å²) in [5.74, 6) is 0.134. The molecule has 0 radical (unpaired) electrons. The first kappa shape index (κ1) is 19.1. The van der Waals surface area contributed by atoms with Crippen molar-refractivity contribution < 1.29 is 4.39 Å². The van der Waals surface area contributed by atoms with Crippen LogP contribution in [0.5, 0.6) is 0 Å². The Morgan fingerprint density at radius 1 is 0.923 bits per heavy atom. The van der Waals surface area contributed by atoms with Gasteiger partial charge in [-0.1, -0.05) is 61.5 Å². The van der Waals surface area contributed by atoms with Crippen LogP contribution in [0, 0.1) is 0 Å². The number of hydrogen-bond donors (Lipinski definition) is 0. The van der Waals surface area contributed by atoms with Crippen LogP contribution < -0.4 is 0 Å². The summed E-state index contributed by atoms with van der Waals surface area (Å²) in [4.78, 5) is 2.55. The first-order valence-electron chi connectivity index (χ1n) is 10.3. The molecule has 0 aliphatic heterocycles. The smallest absolute Gasteiger partial charge is 0.107 e. The molecule has 26 heavy (non-hydrogen) atoms. The maximum Gasteiger partial charge on any atom is 0.107 e. The average molecular weight is 354 g/mol. The van der Waals surface area contributed by atoms with Crippen LogP contribution in [-0.4, -0.2) is 24.2 Å². The number of alkyl halides is 1. The summed E-state index contributed by atoms with van der Waals surface area (Å²) < 4.78 is 13.9. The van der Waals surface area contributed by atoms with E-state index in [0.717, 1.165) is 45.3 Å². The lowest BCUT2D eigenvalue weighted by Gasteiger charge is -2.22. The summed E-state index contributed by atoms with van der Waals surface area (Å²) in [7, 11) is 0. The fourth-order valence-corrected chi connectivity index (χ4v) is 4.16. The normalized spacial score (nSPS) is 20.0. The fraction of sp³-hybridized carbons (Fsp3) is 0.500. The third kappa shape index (κ3) is 5.41. The molecular weight excluding hydrogens is 321 g/mol. The van der Waals surface area contributed by atoms with Gasteiger partial charge in [-0.15, -0.1) is 0 Å². The molecular formula is C24H32FN. The summed E-state index contributed by atoms with van der Waals surface area (Å²) >= 11 is 0. The summed E-state index contributed by atoms with van der Waals surface area (Å²) in [6.45, 7) is 5.55. The molecule has 0 spiro atoms. The van der Waals surface area contributed by atoms with Gasteiger partial charge in [-0.25, -0.2) is 4.39 Å². The van der Waals surface area contributed by atoms with E-state index in [1.807, 2.05) is 0 Å². The summed E-state index contributed by atoms with van der Waals surface area (Å²) in [5, 5.41) is 0. The molecule has 140 valence electrons. The fourth-order valence-electron chi connectivity index (χ4n) is 4.16. The van der Waals surface area contributed by atoms with Crippen molar-refractivity contribution in [3.05, 3.63) is 71.3 Å². The molecule has 1 nitrogen and oxygen atoms in total. The van der Waals surface area contributed by atoms with E-state index < -0.39 is 6.17 Å². The monoisotopic (exact) mass is 353 g/mol. The van der Waals surface area contributed by atoms with Crippen molar-refractivity contribution in [2.45, 2.75) is 64.1 Å². The number of rotatable bonds is 9. The van der Waals surface area contributed by atoms with Gasteiger partial charge in [0, 0.05) is 12.5 Å². The van der Waals surface area contributed by atoms with Crippen LogP contribution in [0.4, 0.5) is 4.39 Å². The van der Waals surface area contributed by atoms with Gasteiger partial charge in [-0.05, 0) is 68.3 Å². The minimum atomic E-state index is -0.638. The van der Waals surface area contributed by atoms with E-state index >= 15 is 0 Å². The largest absolute Gasteiger partial charge is 0.299 e. The van der Waals surface area contributed by atoms with Crippen molar-refractivity contribution in [1.29, 1.82) is 0 Å². The molecule has 2 unspecified atom stereocenters. The Labute approximate surface area is 158 Å². The zero-order valence-corrected chi connectivity index (χ0v) is 16.0. The molecule has 2 aromatic carbocycles. The van der Waals surface area contributed by atoms with Crippen LogP contribution in [0.15, 0.2) is 54.6 Å². The number of hydrogen-bond acceptors (Lipinski definition) is 1. The summed E-state index contributed by atoms with van der Waals surface area (Å²) in [6, 6.07) is 19.5. The minimum Gasteiger partial charge on any atom is -0.299 e. The predicted molar refractivity (Wildman–Crippen MR) is 108 cm³/mol. The standard InChI is InChI=1S/C24H32FN/c1-2-17-26(19-21-8-4-3-5-9-21)18-7-10-20-13-15-22(16-14-20)23-11-6-12-24(23)25/h3-5,8-9,13-16,23-24H,2,6-7,10-12,17-19H2,1H3. The molecule has 1 aliphatic rings. The highest BCUT2D eigenvalue weighted by Crippen LogP contribution is 2.36. The van der Waals surface area contributed by atoms with E-state index in [0.29, 0.717) is 0 Å². The Morgan fingerprint density at radius 2 is 1.69 bits per heavy atom. The average Bonchev–Trinajstić information content (AvgIpc) is 3.09. The van der Waals surface area contributed by atoms with E-state index in [9.17, 15) is 4.39 Å². The van der Waals surface area contributed by atoms with Crippen molar-refractivity contribution in [2.75, 3.05) is 13.1 Å². The van der Waals surface area contributed by atoms with E-state index in [2.05, 4.69) is 66.4 Å². The van der Waals surface area contributed by atoms with Crippen LogP contribution in [0.3, 0.4) is 0 Å². The SMILES string of the molecule is CCCN(CCCc1ccc(C2CCCC2F)cc1)Cc1ccccc1. The quantitative estimate of drug-likeness (QED) is 0.523. The van der Waals surface area contributed by atoms with Crippen LogP contribution in [0.2, 0.25) is 0 Å². The maximum absolute atomic E-state index is 13.9. The van der Waals surface area contributed by atoms with Crippen LogP contribution in [-0.2, 0) is 13.0 Å². The van der Waals surface area contributed by atoms with Crippen molar-refractivity contribution >= 4 is 0 Å². The van der Waals surface area contributed by atoms with Crippen molar-refractivity contribution in [3.63, 3.8) is 0 Å². The first-order valence-corrected chi connectivity index (χ1v) is 10.3. The van der Waals surface area contributed by atoms with E-state index in [1.54, 1.807) is 0 Å². The van der Waals surface area contributed by atoms with Crippen LogP contribution in [0.25, 0.3) is 0 Å². The molecule has 0 saturated heterocycles.